The van der Waals surface area contributed by atoms with Crippen molar-refractivity contribution in [3.05, 3.63) is 62.5 Å². The van der Waals surface area contributed by atoms with Gasteiger partial charge in [0.15, 0.2) is 5.79 Å². The van der Waals surface area contributed by atoms with Crippen molar-refractivity contribution in [2.75, 3.05) is 20.3 Å². The van der Waals surface area contributed by atoms with Crippen molar-refractivity contribution in [3.8, 4) is 0 Å². The van der Waals surface area contributed by atoms with Crippen molar-refractivity contribution in [2.45, 2.75) is 45.5 Å². The number of nitrogens with one attached hydrogen (secondary N) is 1. The van der Waals surface area contributed by atoms with Gasteiger partial charge in [0.1, 0.15) is 12.7 Å². The van der Waals surface area contributed by atoms with Crippen LogP contribution in [0.2, 0.25) is 0 Å². The topological polar surface area (TPSA) is 126 Å². The zero-order valence-corrected chi connectivity index (χ0v) is 18.6. The Morgan fingerprint density at radius 2 is 1.88 bits per heavy atom. The van der Waals surface area contributed by atoms with Gasteiger partial charge in [-0.05, 0) is 33.3 Å². The summed E-state index contributed by atoms with van der Waals surface area (Å²) in [6, 6.07) is 5.80. The standard InChI is InChI=1S/C22H26N2O8/c1-12-17(20(25)29-5)19(14-7-6-8-15(9-14)24(27)28)18(13(2)23-12)21(26)30-10-16-11-31-22(3,4)32-16/h6-9,16,19,23H,10-11H2,1-5H3/t16-,19+/m1/s1. The van der Waals surface area contributed by atoms with E-state index in [-0.39, 0.29) is 30.0 Å². The second-order valence-electron chi connectivity index (χ2n) is 8.03. The molecular formula is C22H26N2O8. The number of dihydropyridines is 1. The summed E-state index contributed by atoms with van der Waals surface area (Å²) in [6.07, 6.45) is -0.431. The van der Waals surface area contributed by atoms with E-state index in [1.165, 1.54) is 25.3 Å². The van der Waals surface area contributed by atoms with Crippen molar-refractivity contribution >= 4 is 17.6 Å². The maximum atomic E-state index is 13.2. The monoisotopic (exact) mass is 446 g/mol. The summed E-state index contributed by atoms with van der Waals surface area (Å²) in [5, 5.41) is 14.3. The molecule has 0 unspecified atom stereocenters. The molecule has 2 heterocycles. The third-order valence-corrected chi connectivity index (χ3v) is 5.27. The third kappa shape index (κ3) is 4.81. The number of carbonyl (C=O) groups is 2. The number of rotatable bonds is 6. The Bertz CT molecular complexity index is 1010. The van der Waals surface area contributed by atoms with Crippen molar-refractivity contribution < 1.29 is 33.5 Å². The van der Waals surface area contributed by atoms with Crippen LogP contribution in [0, 0.1) is 10.1 Å². The Balaban J connectivity index is 1.97. The van der Waals surface area contributed by atoms with E-state index in [1.54, 1.807) is 33.8 Å². The van der Waals surface area contributed by atoms with Crippen LogP contribution in [-0.2, 0) is 28.5 Å². The summed E-state index contributed by atoms with van der Waals surface area (Å²) in [7, 11) is 1.23. The fourth-order valence-electron chi connectivity index (χ4n) is 3.89. The molecule has 3 rings (SSSR count). The highest BCUT2D eigenvalue weighted by atomic mass is 16.7. The first-order valence-electron chi connectivity index (χ1n) is 10.0. The van der Waals surface area contributed by atoms with E-state index >= 15 is 0 Å². The van der Waals surface area contributed by atoms with Gasteiger partial charge in [0.2, 0.25) is 0 Å². The second-order valence-corrected chi connectivity index (χ2v) is 8.03. The van der Waals surface area contributed by atoms with E-state index in [4.69, 9.17) is 18.9 Å². The van der Waals surface area contributed by atoms with Gasteiger partial charge in [0, 0.05) is 23.5 Å². The number of nitrogens with zero attached hydrogens (tertiary/aromatic N) is 1. The average Bonchev–Trinajstić information content (AvgIpc) is 3.09. The van der Waals surface area contributed by atoms with Crippen molar-refractivity contribution in [2.24, 2.45) is 0 Å². The molecule has 1 N–H and O–H groups in total. The Kier molecular flexibility index (Phi) is 6.65. The summed E-state index contributed by atoms with van der Waals surface area (Å²) in [5.74, 6) is -3.00. The smallest absolute Gasteiger partial charge is 0.336 e. The van der Waals surface area contributed by atoms with Gasteiger partial charge in [0.05, 0.1) is 35.7 Å². The molecule has 32 heavy (non-hydrogen) atoms. The molecule has 1 aromatic rings. The van der Waals surface area contributed by atoms with Gasteiger partial charge in [-0.25, -0.2) is 9.59 Å². The van der Waals surface area contributed by atoms with Gasteiger partial charge < -0.3 is 24.3 Å². The summed E-state index contributed by atoms with van der Waals surface area (Å²) in [4.78, 5) is 36.6. The zero-order valence-electron chi connectivity index (χ0n) is 18.6. The Hall–Kier alpha value is -3.24. The number of esters is 2. The highest BCUT2D eigenvalue weighted by Gasteiger charge is 2.39. The Labute approximate surface area is 185 Å². The first-order chi connectivity index (χ1) is 15.0. The van der Waals surface area contributed by atoms with Crippen LogP contribution in [0.4, 0.5) is 5.69 Å². The van der Waals surface area contributed by atoms with Gasteiger partial charge >= 0.3 is 11.9 Å². The Morgan fingerprint density at radius 3 is 2.44 bits per heavy atom. The lowest BCUT2D eigenvalue weighted by Gasteiger charge is -2.30. The van der Waals surface area contributed by atoms with Gasteiger partial charge in [0.25, 0.3) is 5.69 Å². The molecule has 2 aliphatic heterocycles. The van der Waals surface area contributed by atoms with E-state index in [1.807, 2.05) is 0 Å². The molecule has 10 nitrogen and oxygen atoms in total. The number of methoxy groups -OCH3 is 1. The van der Waals surface area contributed by atoms with Crippen LogP contribution in [0.3, 0.4) is 0 Å². The van der Waals surface area contributed by atoms with Gasteiger partial charge in [-0.15, -0.1) is 0 Å². The predicted octanol–water partition coefficient (Wildman–Crippen LogP) is 2.70. The number of hydrogen-bond donors (Lipinski definition) is 1. The van der Waals surface area contributed by atoms with Crippen molar-refractivity contribution in [1.29, 1.82) is 0 Å². The zero-order chi connectivity index (χ0) is 23.6. The fourth-order valence-corrected chi connectivity index (χ4v) is 3.89. The van der Waals surface area contributed by atoms with Crippen LogP contribution in [-0.4, -0.2) is 49.1 Å². The van der Waals surface area contributed by atoms with Crippen LogP contribution in [0.15, 0.2) is 46.8 Å². The molecule has 10 heteroatoms. The van der Waals surface area contributed by atoms with Gasteiger partial charge in [-0.2, -0.15) is 0 Å². The summed E-state index contributed by atoms with van der Waals surface area (Å²) >= 11 is 0. The molecule has 0 aromatic heterocycles. The lowest BCUT2D eigenvalue weighted by molar-refractivity contribution is -0.384. The molecule has 172 valence electrons. The van der Waals surface area contributed by atoms with Crippen LogP contribution < -0.4 is 5.32 Å². The third-order valence-electron chi connectivity index (χ3n) is 5.27. The molecule has 0 saturated carbocycles. The largest absolute Gasteiger partial charge is 0.466 e. The highest BCUT2D eigenvalue weighted by Crippen LogP contribution is 2.40. The van der Waals surface area contributed by atoms with Crippen LogP contribution in [0.1, 0.15) is 39.2 Å². The van der Waals surface area contributed by atoms with E-state index in [9.17, 15) is 19.7 Å². The van der Waals surface area contributed by atoms with E-state index in [2.05, 4.69) is 5.32 Å². The minimum atomic E-state index is -0.909. The van der Waals surface area contributed by atoms with Crippen LogP contribution in [0.5, 0.6) is 0 Å². The lowest BCUT2D eigenvalue weighted by atomic mass is 9.80. The van der Waals surface area contributed by atoms with E-state index in [0.717, 1.165) is 0 Å². The molecule has 0 radical (unpaired) electrons. The summed E-state index contributed by atoms with van der Waals surface area (Å²) in [5.41, 5.74) is 1.53. The molecule has 0 spiro atoms. The Morgan fingerprint density at radius 1 is 1.22 bits per heavy atom. The fraction of sp³-hybridized carbons (Fsp3) is 0.455. The maximum absolute atomic E-state index is 13.2. The SMILES string of the molecule is COC(=O)C1=C(C)NC(C)=C(C(=O)OC[C@@H]2COC(C)(C)O2)[C@H]1c1cccc([N+](=O)[O-])c1. The number of benzene rings is 1. The summed E-state index contributed by atoms with van der Waals surface area (Å²) in [6.45, 7) is 7.11. The molecule has 0 aliphatic carbocycles. The average molecular weight is 446 g/mol. The first-order valence-corrected chi connectivity index (χ1v) is 10.0. The van der Waals surface area contributed by atoms with Gasteiger partial charge in [-0.3, -0.25) is 10.1 Å². The molecule has 1 saturated heterocycles. The number of non-ortho nitro benzene ring substituents is 1. The van der Waals surface area contributed by atoms with Crippen LogP contribution >= 0.6 is 0 Å². The molecule has 1 fully saturated rings. The number of ether oxygens (including phenoxy) is 4. The molecule has 2 aliphatic rings. The number of carbonyl (C=O) groups excluding carboxylic acids is 2. The molecule has 2 atom stereocenters. The predicted molar refractivity (Wildman–Crippen MR) is 112 cm³/mol. The lowest BCUT2D eigenvalue weighted by Crippen LogP contribution is -2.33. The minimum Gasteiger partial charge on any atom is -0.466 e. The van der Waals surface area contributed by atoms with Crippen molar-refractivity contribution in [1.82, 2.24) is 5.32 Å². The summed E-state index contributed by atoms with van der Waals surface area (Å²) < 4.78 is 21.6. The molecular weight excluding hydrogens is 420 g/mol. The normalized spacial score (nSPS) is 22.4. The number of hydrogen-bond acceptors (Lipinski definition) is 9. The maximum Gasteiger partial charge on any atom is 0.336 e. The molecule has 0 bridgehead atoms. The van der Waals surface area contributed by atoms with Crippen molar-refractivity contribution in [3.63, 3.8) is 0 Å². The van der Waals surface area contributed by atoms with E-state index < -0.39 is 34.7 Å². The quantitative estimate of drug-likeness (QED) is 0.399. The highest BCUT2D eigenvalue weighted by molar-refractivity contribution is 5.99. The number of nitro benzene ring substituents is 1. The first kappa shape index (κ1) is 23.4. The minimum absolute atomic E-state index is 0.0447. The van der Waals surface area contributed by atoms with E-state index in [0.29, 0.717) is 17.0 Å². The number of allylic oxidation sites excluding steroid dienone is 2. The molecule has 1 aromatic carbocycles. The number of nitro groups is 1. The van der Waals surface area contributed by atoms with Crippen LogP contribution in [0.25, 0.3) is 0 Å². The second kappa shape index (κ2) is 9.09. The van der Waals surface area contributed by atoms with Gasteiger partial charge in [-0.1, -0.05) is 12.1 Å². The molecule has 0 amide bonds.